The SMILES string of the molecule is CN(C)CC[C@]12CCC(O)C=C1CC[C@@H]1C2=CC[C@]2(C)C(O)CC[C@@H]12. The average Bonchev–Trinajstić information content (AvgIpc) is 2.88. The Balaban J connectivity index is 1.73. The third-order valence-corrected chi connectivity index (χ3v) is 8.14. The Bertz CT molecular complexity index is 595. The summed E-state index contributed by atoms with van der Waals surface area (Å²) in [6.45, 7) is 3.42. The van der Waals surface area contributed by atoms with Crippen LogP contribution in [0.15, 0.2) is 23.3 Å². The molecule has 0 aromatic heterocycles. The van der Waals surface area contributed by atoms with Gasteiger partial charge in [-0.25, -0.2) is 0 Å². The van der Waals surface area contributed by atoms with E-state index in [1.165, 1.54) is 24.8 Å². The highest BCUT2D eigenvalue weighted by molar-refractivity contribution is 5.40. The van der Waals surface area contributed by atoms with Gasteiger partial charge >= 0.3 is 0 Å². The lowest BCUT2D eigenvalue weighted by molar-refractivity contribution is 0.0101. The average molecular weight is 346 g/mol. The number of hydrogen-bond donors (Lipinski definition) is 2. The van der Waals surface area contributed by atoms with E-state index in [2.05, 4.69) is 38.1 Å². The van der Waals surface area contributed by atoms with Crippen molar-refractivity contribution in [3.63, 3.8) is 0 Å². The molecule has 0 amide bonds. The highest BCUT2D eigenvalue weighted by Gasteiger charge is 2.56. The molecule has 0 aromatic rings. The lowest BCUT2D eigenvalue weighted by Crippen LogP contribution is -2.47. The molecule has 4 rings (SSSR count). The highest BCUT2D eigenvalue weighted by Crippen LogP contribution is 2.64. The molecule has 4 aliphatic carbocycles. The molecule has 2 fully saturated rings. The Hall–Kier alpha value is -0.640. The van der Waals surface area contributed by atoms with Crippen LogP contribution < -0.4 is 0 Å². The zero-order chi connectivity index (χ0) is 17.8. The van der Waals surface area contributed by atoms with E-state index in [0.29, 0.717) is 11.8 Å². The maximum Gasteiger partial charge on any atom is 0.0724 e. The number of nitrogens with zero attached hydrogens (tertiary/aromatic N) is 1. The maximum absolute atomic E-state index is 10.6. The molecule has 0 aliphatic heterocycles. The van der Waals surface area contributed by atoms with Crippen LogP contribution in [0.5, 0.6) is 0 Å². The van der Waals surface area contributed by atoms with E-state index >= 15 is 0 Å². The summed E-state index contributed by atoms with van der Waals surface area (Å²) in [4.78, 5) is 2.30. The summed E-state index contributed by atoms with van der Waals surface area (Å²) in [7, 11) is 4.33. The molecule has 3 nitrogen and oxygen atoms in total. The van der Waals surface area contributed by atoms with Gasteiger partial charge in [0.1, 0.15) is 0 Å². The number of rotatable bonds is 3. The molecule has 140 valence electrons. The van der Waals surface area contributed by atoms with Gasteiger partial charge in [-0.2, -0.15) is 0 Å². The normalized spacial score (nSPS) is 46.2. The summed E-state index contributed by atoms with van der Waals surface area (Å²) in [6, 6.07) is 0. The summed E-state index contributed by atoms with van der Waals surface area (Å²) in [5.74, 6) is 1.29. The largest absolute Gasteiger partial charge is 0.393 e. The van der Waals surface area contributed by atoms with Crippen LogP contribution in [0.2, 0.25) is 0 Å². The Morgan fingerprint density at radius 3 is 2.72 bits per heavy atom. The van der Waals surface area contributed by atoms with E-state index in [0.717, 1.165) is 38.6 Å². The van der Waals surface area contributed by atoms with Crippen LogP contribution in [-0.4, -0.2) is 48.0 Å². The molecule has 2 N–H and O–H groups in total. The van der Waals surface area contributed by atoms with Gasteiger partial charge in [0.25, 0.3) is 0 Å². The molecule has 0 heterocycles. The Labute approximate surface area is 152 Å². The van der Waals surface area contributed by atoms with Gasteiger partial charge in [-0.05, 0) is 83.8 Å². The first kappa shape index (κ1) is 17.8. The number of hydrogen-bond acceptors (Lipinski definition) is 3. The second-order valence-corrected chi connectivity index (χ2v) is 9.65. The van der Waals surface area contributed by atoms with Crippen molar-refractivity contribution in [2.45, 2.75) is 70.5 Å². The monoisotopic (exact) mass is 345 g/mol. The van der Waals surface area contributed by atoms with Crippen molar-refractivity contribution < 1.29 is 10.2 Å². The molecular weight excluding hydrogens is 310 g/mol. The fourth-order valence-electron chi connectivity index (χ4n) is 6.63. The second-order valence-electron chi connectivity index (χ2n) is 9.65. The number of allylic oxidation sites excluding steroid dienone is 3. The van der Waals surface area contributed by atoms with Crippen LogP contribution in [0, 0.1) is 22.7 Å². The van der Waals surface area contributed by atoms with Gasteiger partial charge in [-0.15, -0.1) is 0 Å². The zero-order valence-electron chi connectivity index (χ0n) is 16.2. The fraction of sp³-hybridized carbons (Fsp3) is 0.818. The van der Waals surface area contributed by atoms with Gasteiger partial charge < -0.3 is 15.1 Å². The van der Waals surface area contributed by atoms with Crippen molar-refractivity contribution in [2.24, 2.45) is 22.7 Å². The molecule has 0 saturated heterocycles. The van der Waals surface area contributed by atoms with Gasteiger partial charge in [-0.1, -0.05) is 30.2 Å². The van der Waals surface area contributed by atoms with Crippen LogP contribution in [-0.2, 0) is 0 Å². The van der Waals surface area contributed by atoms with Crippen molar-refractivity contribution in [3.8, 4) is 0 Å². The molecule has 4 aliphatic rings. The van der Waals surface area contributed by atoms with Gasteiger partial charge in [0, 0.05) is 10.8 Å². The van der Waals surface area contributed by atoms with Crippen LogP contribution in [0.4, 0.5) is 0 Å². The topological polar surface area (TPSA) is 43.7 Å². The standard InChI is InChI=1S/C22H35NO2/c1-21-10-9-19-17(18(21)6-7-20(21)25)5-4-15-14-16(24)8-11-22(15,19)12-13-23(2)3/h9,14,16-18,20,24-25H,4-8,10-13H2,1-3H3/t16?,17-,18-,20?,21-,22+/m0/s1. The number of aliphatic hydroxyl groups excluding tert-OH is 2. The van der Waals surface area contributed by atoms with Crippen LogP contribution in [0.25, 0.3) is 0 Å². The summed E-state index contributed by atoms with van der Waals surface area (Å²) in [5, 5.41) is 20.8. The van der Waals surface area contributed by atoms with Gasteiger partial charge in [0.2, 0.25) is 0 Å². The quantitative estimate of drug-likeness (QED) is 0.769. The van der Waals surface area contributed by atoms with Crippen LogP contribution in [0.3, 0.4) is 0 Å². The minimum atomic E-state index is -0.248. The van der Waals surface area contributed by atoms with Gasteiger partial charge in [0.15, 0.2) is 0 Å². The minimum Gasteiger partial charge on any atom is -0.393 e. The van der Waals surface area contributed by atoms with E-state index in [4.69, 9.17) is 0 Å². The van der Waals surface area contributed by atoms with Gasteiger partial charge in [-0.3, -0.25) is 0 Å². The summed E-state index contributed by atoms with van der Waals surface area (Å²) < 4.78 is 0. The van der Waals surface area contributed by atoms with E-state index < -0.39 is 0 Å². The predicted molar refractivity (Wildman–Crippen MR) is 101 cm³/mol. The third-order valence-electron chi connectivity index (χ3n) is 8.14. The van der Waals surface area contributed by atoms with E-state index in [9.17, 15) is 10.2 Å². The highest BCUT2D eigenvalue weighted by atomic mass is 16.3. The predicted octanol–water partition coefficient (Wildman–Crippen LogP) is 3.52. The first-order valence-corrected chi connectivity index (χ1v) is 10.3. The Morgan fingerprint density at radius 2 is 1.96 bits per heavy atom. The fourth-order valence-corrected chi connectivity index (χ4v) is 6.63. The smallest absolute Gasteiger partial charge is 0.0724 e. The lowest BCUT2D eigenvalue weighted by atomic mass is 9.50. The van der Waals surface area contributed by atoms with Crippen molar-refractivity contribution in [1.29, 1.82) is 0 Å². The first-order valence-electron chi connectivity index (χ1n) is 10.3. The van der Waals surface area contributed by atoms with E-state index in [1.807, 2.05) is 0 Å². The van der Waals surface area contributed by atoms with Crippen molar-refractivity contribution in [2.75, 3.05) is 20.6 Å². The van der Waals surface area contributed by atoms with Crippen LogP contribution in [0.1, 0.15) is 58.3 Å². The molecule has 0 aromatic carbocycles. The van der Waals surface area contributed by atoms with Crippen molar-refractivity contribution >= 4 is 0 Å². The van der Waals surface area contributed by atoms with Gasteiger partial charge in [0.05, 0.1) is 12.2 Å². The first-order chi connectivity index (χ1) is 11.9. The molecule has 0 spiro atoms. The van der Waals surface area contributed by atoms with E-state index in [-0.39, 0.29) is 23.0 Å². The van der Waals surface area contributed by atoms with Crippen molar-refractivity contribution in [3.05, 3.63) is 23.3 Å². The molecule has 3 heteroatoms. The summed E-state index contributed by atoms with van der Waals surface area (Å²) in [6.07, 6.45) is 13.0. The zero-order valence-corrected chi connectivity index (χ0v) is 16.2. The maximum atomic E-state index is 10.6. The number of aliphatic hydroxyl groups is 2. The minimum absolute atomic E-state index is 0.0896. The summed E-state index contributed by atoms with van der Waals surface area (Å²) in [5.41, 5.74) is 3.46. The molecule has 0 radical (unpaired) electrons. The molecular formula is C22H35NO2. The summed E-state index contributed by atoms with van der Waals surface area (Å²) >= 11 is 0. The third kappa shape index (κ3) is 2.65. The van der Waals surface area contributed by atoms with E-state index in [1.54, 1.807) is 5.57 Å². The van der Waals surface area contributed by atoms with Crippen molar-refractivity contribution in [1.82, 2.24) is 4.90 Å². The molecule has 0 bridgehead atoms. The Morgan fingerprint density at radius 1 is 1.16 bits per heavy atom. The lowest BCUT2D eigenvalue weighted by Gasteiger charge is -2.55. The molecule has 25 heavy (non-hydrogen) atoms. The molecule has 2 unspecified atom stereocenters. The van der Waals surface area contributed by atoms with Crippen LogP contribution >= 0.6 is 0 Å². The number of fused-ring (bicyclic) bond motifs is 5. The Kier molecular flexibility index (Phi) is 4.41. The second kappa shape index (κ2) is 6.21. The molecule has 6 atom stereocenters. The molecule has 2 saturated carbocycles.